The molecule has 0 amide bonds. The van der Waals surface area contributed by atoms with Crippen LogP contribution in [-0.2, 0) is 0 Å². The molecule has 1 saturated carbocycles. The molecule has 1 rings (SSSR count). The van der Waals surface area contributed by atoms with E-state index in [4.69, 9.17) is 0 Å². The van der Waals surface area contributed by atoms with E-state index in [9.17, 15) is 5.11 Å². The number of aliphatic hydroxyl groups is 1. The van der Waals surface area contributed by atoms with Gasteiger partial charge in [0.15, 0.2) is 0 Å². The van der Waals surface area contributed by atoms with E-state index in [1.807, 2.05) is 0 Å². The highest BCUT2D eigenvalue weighted by Gasteiger charge is 2.28. The Bertz CT molecular complexity index is 156. The van der Waals surface area contributed by atoms with Crippen molar-refractivity contribution in [2.45, 2.75) is 63.7 Å². The molecule has 1 aliphatic rings. The Morgan fingerprint density at radius 1 is 1.14 bits per heavy atom. The van der Waals surface area contributed by atoms with Crippen molar-refractivity contribution >= 4 is 8.07 Å². The van der Waals surface area contributed by atoms with Crippen molar-refractivity contribution in [3.8, 4) is 0 Å². The summed E-state index contributed by atoms with van der Waals surface area (Å²) in [5, 5.41) is 9.43. The van der Waals surface area contributed by atoms with E-state index in [0.717, 1.165) is 5.92 Å². The first-order valence-corrected chi connectivity index (χ1v) is 9.72. The number of hydrogen-bond acceptors (Lipinski definition) is 1. The molecule has 0 spiro atoms. The molecule has 0 saturated heterocycles. The zero-order chi connectivity index (χ0) is 10.6. The van der Waals surface area contributed by atoms with Crippen LogP contribution >= 0.6 is 0 Å². The van der Waals surface area contributed by atoms with Gasteiger partial charge in [0.05, 0.1) is 0 Å². The quantitative estimate of drug-likeness (QED) is 0.708. The fourth-order valence-electron chi connectivity index (χ4n) is 2.53. The SMILES string of the molecule is C[Si](C)(C)C(CO)CC1CCCCC1. The van der Waals surface area contributed by atoms with Crippen LogP contribution in [0.3, 0.4) is 0 Å². The molecule has 1 fully saturated rings. The highest BCUT2D eigenvalue weighted by Crippen LogP contribution is 2.35. The van der Waals surface area contributed by atoms with E-state index in [0.29, 0.717) is 12.1 Å². The molecule has 1 aliphatic carbocycles. The highest BCUT2D eigenvalue weighted by atomic mass is 28.3. The number of aliphatic hydroxyl groups excluding tert-OH is 1. The number of rotatable bonds is 4. The zero-order valence-corrected chi connectivity index (χ0v) is 11.1. The summed E-state index contributed by atoms with van der Waals surface area (Å²) in [6.45, 7) is 7.58. The second-order valence-electron chi connectivity index (χ2n) is 5.99. The lowest BCUT2D eigenvalue weighted by Gasteiger charge is -2.32. The summed E-state index contributed by atoms with van der Waals surface area (Å²) in [4.78, 5) is 0. The van der Waals surface area contributed by atoms with Crippen LogP contribution in [0.5, 0.6) is 0 Å². The van der Waals surface area contributed by atoms with Crippen LogP contribution in [0.15, 0.2) is 0 Å². The summed E-state index contributed by atoms with van der Waals surface area (Å²) in [6, 6.07) is 0. The predicted octanol–water partition coefficient (Wildman–Crippen LogP) is 3.66. The maximum absolute atomic E-state index is 9.43. The molecule has 0 aromatic heterocycles. The molecule has 1 unspecified atom stereocenters. The summed E-state index contributed by atoms with van der Waals surface area (Å²) in [5.74, 6) is 0.924. The molecule has 0 radical (unpaired) electrons. The van der Waals surface area contributed by atoms with E-state index in [1.54, 1.807) is 0 Å². The third-order valence-corrected chi connectivity index (χ3v) is 6.66. The van der Waals surface area contributed by atoms with Gasteiger partial charge in [0, 0.05) is 14.7 Å². The van der Waals surface area contributed by atoms with Crippen molar-refractivity contribution in [1.82, 2.24) is 0 Å². The smallest absolute Gasteiger partial charge is 0.0500 e. The van der Waals surface area contributed by atoms with Gasteiger partial charge in [0.2, 0.25) is 0 Å². The maximum atomic E-state index is 9.43. The largest absolute Gasteiger partial charge is 0.396 e. The maximum Gasteiger partial charge on any atom is 0.0500 e. The average molecular weight is 214 g/mol. The normalized spacial score (nSPS) is 22.3. The summed E-state index contributed by atoms with van der Waals surface area (Å²) in [7, 11) is -1.12. The van der Waals surface area contributed by atoms with E-state index in [1.165, 1.54) is 38.5 Å². The van der Waals surface area contributed by atoms with Crippen molar-refractivity contribution in [3.05, 3.63) is 0 Å². The van der Waals surface area contributed by atoms with E-state index < -0.39 is 8.07 Å². The Balaban J connectivity index is 2.39. The third kappa shape index (κ3) is 3.74. The first-order valence-electron chi connectivity index (χ1n) is 6.15. The average Bonchev–Trinajstić information content (AvgIpc) is 2.14. The highest BCUT2D eigenvalue weighted by molar-refractivity contribution is 6.77. The fraction of sp³-hybridized carbons (Fsp3) is 1.00. The molecule has 0 aromatic carbocycles. The molecule has 0 aromatic rings. The van der Waals surface area contributed by atoms with Gasteiger partial charge in [-0.1, -0.05) is 51.7 Å². The van der Waals surface area contributed by atoms with Gasteiger partial charge in [-0.2, -0.15) is 0 Å². The molecule has 0 aliphatic heterocycles. The van der Waals surface area contributed by atoms with Crippen molar-refractivity contribution < 1.29 is 5.11 Å². The molecule has 2 heteroatoms. The van der Waals surface area contributed by atoms with E-state index in [-0.39, 0.29) is 0 Å². The zero-order valence-electron chi connectivity index (χ0n) is 10.1. The Kier molecular flexibility index (Phi) is 4.65. The van der Waals surface area contributed by atoms with Crippen molar-refractivity contribution in [2.24, 2.45) is 5.92 Å². The molecule has 1 nitrogen and oxygen atoms in total. The van der Waals surface area contributed by atoms with Crippen LogP contribution in [-0.4, -0.2) is 19.8 Å². The fourth-order valence-corrected chi connectivity index (χ4v) is 4.12. The predicted molar refractivity (Wildman–Crippen MR) is 65.4 cm³/mol. The second kappa shape index (κ2) is 5.31. The minimum absolute atomic E-state index is 0.423. The van der Waals surface area contributed by atoms with Crippen LogP contribution in [0.25, 0.3) is 0 Å². The monoisotopic (exact) mass is 214 g/mol. The van der Waals surface area contributed by atoms with Gasteiger partial charge in [0.25, 0.3) is 0 Å². The summed E-state index contributed by atoms with van der Waals surface area (Å²) >= 11 is 0. The molecule has 14 heavy (non-hydrogen) atoms. The number of hydrogen-bond donors (Lipinski definition) is 1. The Morgan fingerprint density at radius 2 is 1.71 bits per heavy atom. The minimum Gasteiger partial charge on any atom is -0.396 e. The lowest BCUT2D eigenvalue weighted by atomic mass is 9.86. The van der Waals surface area contributed by atoms with Crippen molar-refractivity contribution in [1.29, 1.82) is 0 Å². The lowest BCUT2D eigenvalue weighted by molar-refractivity contribution is 0.249. The summed E-state index contributed by atoms with van der Waals surface area (Å²) in [6.07, 6.45) is 8.42. The van der Waals surface area contributed by atoms with Crippen LogP contribution in [0, 0.1) is 5.92 Å². The summed E-state index contributed by atoms with van der Waals surface area (Å²) in [5.41, 5.74) is 0.630. The van der Waals surface area contributed by atoms with Gasteiger partial charge in [0.1, 0.15) is 0 Å². The Morgan fingerprint density at radius 3 is 2.14 bits per heavy atom. The molecular weight excluding hydrogens is 188 g/mol. The first kappa shape index (κ1) is 12.2. The molecule has 84 valence electrons. The van der Waals surface area contributed by atoms with Gasteiger partial charge in [-0.15, -0.1) is 0 Å². The van der Waals surface area contributed by atoms with Gasteiger partial charge in [-0.25, -0.2) is 0 Å². The van der Waals surface area contributed by atoms with E-state index in [2.05, 4.69) is 19.6 Å². The topological polar surface area (TPSA) is 20.2 Å². The molecular formula is C12H26OSi. The molecule has 0 bridgehead atoms. The van der Waals surface area contributed by atoms with Crippen LogP contribution in [0.4, 0.5) is 0 Å². The second-order valence-corrected chi connectivity index (χ2v) is 11.5. The Hall–Kier alpha value is 0.177. The molecule has 1 atom stereocenters. The molecule has 1 N–H and O–H groups in total. The van der Waals surface area contributed by atoms with Crippen LogP contribution in [0.2, 0.25) is 25.2 Å². The van der Waals surface area contributed by atoms with Gasteiger partial charge < -0.3 is 5.11 Å². The lowest BCUT2D eigenvalue weighted by Crippen LogP contribution is -2.32. The third-order valence-electron chi connectivity index (χ3n) is 3.79. The first-order chi connectivity index (χ1) is 6.54. The van der Waals surface area contributed by atoms with Crippen LogP contribution < -0.4 is 0 Å². The standard InChI is InChI=1S/C12H26OSi/c1-14(2,3)12(10-13)9-11-7-5-4-6-8-11/h11-13H,4-10H2,1-3H3. The van der Waals surface area contributed by atoms with Gasteiger partial charge >= 0.3 is 0 Å². The van der Waals surface area contributed by atoms with Crippen molar-refractivity contribution in [2.75, 3.05) is 6.61 Å². The van der Waals surface area contributed by atoms with Gasteiger partial charge in [-0.05, 0) is 17.9 Å². The molecule has 0 heterocycles. The van der Waals surface area contributed by atoms with Crippen LogP contribution in [0.1, 0.15) is 38.5 Å². The Labute approximate surface area is 89.9 Å². The van der Waals surface area contributed by atoms with Crippen molar-refractivity contribution in [3.63, 3.8) is 0 Å². The van der Waals surface area contributed by atoms with E-state index >= 15 is 0 Å². The minimum atomic E-state index is -1.12. The summed E-state index contributed by atoms with van der Waals surface area (Å²) < 4.78 is 0. The van der Waals surface area contributed by atoms with Gasteiger partial charge in [-0.3, -0.25) is 0 Å².